The third-order valence-corrected chi connectivity index (χ3v) is 3.46. The SMILES string of the molecule is CCCS(=O)(=O)Nc1ccc(F)cc1Cl. The van der Waals surface area contributed by atoms with Crippen molar-refractivity contribution >= 4 is 27.3 Å². The Morgan fingerprint density at radius 2 is 2.13 bits per heavy atom. The van der Waals surface area contributed by atoms with Gasteiger partial charge in [-0.2, -0.15) is 0 Å². The summed E-state index contributed by atoms with van der Waals surface area (Å²) in [7, 11) is -3.38. The number of halogens is 2. The molecule has 0 aliphatic rings. The lowest BCUT2D eigenvalue weighted by atomic mass is 10.3. The first-order chi connectivity index (χ1) is 6.94. The molecule has 0 aliphatic heterocycles. The number of sulfonamides is 1. The van der Waals surface area contributed by atoms with Gasteiger partial charge in [-0.15, -0.1) is 0 Å². The van der Waals surface area contributed by atoms with Gasteiger partial charge in [-0.3, -0.25) is 4.72 Å². The minimum absolute atomic E-state index is 0.0146. The van der Waals surface area contributed by atoms with Gasteiger partial charge < -0.3 is 0 Å². The normalized spacial score (nSPS) is 11.4. The first-order valence-corrected chi connectivity index (χ1v) is 6.43. The Kier molecular flexibility index (Phi) is 3.93. The van der Waals surface area contributed by atoms with Crippen molar-refractivity contribution in [2.75, 3.05) is 10.5 Å². The van der Waals surface area contributed by atoms with E-state index in [1.54, 1.807) is 6.92 Å². The molecule has 0 heterocycles. The number of rotatable bonds is 4. The fraction of sp³-hybridized carbons (Fsp3) is 0.333. The highest BCUT2D eigenvalue weighted by Crippen LogP contribution is 2.23. The van der Waals surface area contributed by atoms with Crippen LogP contribution in [0.3, 0.4) is 0 Å². The number of anilines is 1. The van der Waals surface area contributed by atoms with Crippen LogP contribution >= 0.6 is 11.6 Å². The van der Waals surface area contributed by atoms with E-state index in [-0.39, 0.29) is 16.5 Å². The van der Waals surface area contributed by atoms with Crippen LogP contribution in [0.25, 0.3) is 0 Å². The van der Waals surface area contributed by atoms with E-state index in [9.17, 15) is 12.8 Å². The molecule has 0 fully saturated rings. The van der Waals surface area contributed by atoms with Gasteiger partial charge in [-0.25, -0.2) is 12.8 Å². The van der Waals surface area contributed by atoms with E-state index in [2.05, 4.69) is 4.72 Å². The third kappa shape index (κ3) is 3.68. The molecule has 3 nitrogen and oxygen atoms in total. The van der Waals surface area contributed by atoms with E-state index in [4.69, 9.17) is 11.6 Å². The summed E-state index contributed by atoms with van der Waals surface area (Å²) in [5.74, 6) is -0.487. The van der Waals surface area contributed by atoms with Gasteiger partial charge in [-0.05, 0) is 24.6 Å². The minimum Gasteiger partial charge on any atom is -0.282 e. The van der Waals surface area contributed by atoms with Crippen molar-refractivity contribution in [3.63, 3.8) is 0 Å². The number of hydrogen-bond acceptors (Lipinski definition) is 2. The van der Waals surface area contributed by atoms with Crippen LogP contribution in [0.1, 0.15) is 13.3 Å². The molecule has 0 amide bonds. The Hall–Kier alpha value is -0.810. The molecular weight excluding hydrogens is 241 g/mol. The lowest BCUT2D eigenvalue weighted by Crippen LogP contribution is -2.16. The Labute approximate surface area is 93.3 Å². The monoisotopic (exact) mass is 251 g/mol. The van der Waals surface area contributed by atoms with Crippen molar-refractivity contribution in [1.82, 2.24) is 0 Å². The second kappa shape index (κ2) is 4.81. The number of hydrogen-bond donors (Lipinski definition) is 1. The molecule has 1 N–H and O–H groups in total. The van der Waals surface area contributed by atoms with Crippen LogP contribution in [0.15, 0.2) is 18.2 Å². The fourth-order valence-electron chi connectivity index (χ4n) is 1.06. The average Bonchev–Trinajstić information content (AvgIpc) is 2.09. The van der Waals surface area contributed by atoms with Gasteiger partial charge in [0.1, 0.15) is 5.82 Å². The van der Waals surface area contributed by atoms with Crippen LogP contribution in [0.2, 0.25) is 5.02 Å². The molecule has 15 heavy (non-hydrogen) atoms. The largest absolute Gasteiger partial charge is 0.282 e. The molecule has 1 aromatic carbocycles. The van der Waals surface area contributed by atoms with Crippen molar-refractivity contribution in [2.45, 2.75) is 13.3 Å². The maximum absolute atomic E-state index is 12.7. The highest BCUT2D eigenvalue weighted by molar-refractivity contribution is 7.92. The Morgan fingerprint density at radius 3 is 2.67 bits per heavy atom. The number of nitrogens with one attached hydrogen (secondary N) is 1. The summed E-state index contributed by atoms with van der Waals surface area (Å²) in [5, 5.41) is 0.0506. The summed E-state index contributed by atoms with van der Waals surface area (Å²) in [6.45, 7) is 1.76. The lowest BCUT2D eigenvalue weighted by Gasteiger charge is -2.08. The Bertz CT molecular complexity index is 447. The summed E-state index contributed by atoms with van der Waals surface area (Å²) in [5.41, 5.74) is 0.200. The Balaban J connectivity index is 2.90. The van der Waals surface area contributed by atoms with Crippen molar-refractivity contribution in [1.29, 1.82) is 0 Å². The zero-order valence-corrected chi connectivity index (χ0v) is 9.70. The molecule has 84 valence electrons. The maximum Gasteiger partial charge on any atom is 0.232 e. The molecule has 1 aromatic rings. The van der Waals surface area contributed by atoms with Crippen LogP contribution in [-0.2, 0) is 10.0 Å². The van der Waals surface area contributed by atoms with Crippen LogP contribution < -0.4 is 4.72 Å². The molecule has 0 saturated heterocycles. The molecule has 0 saturated carbocycles. The van der Waals surface area contributed by atoms with Gasteiger partial charge in [0.05, 0.1) is 16.5 Å². The summed E-state index contributed by atoms with van der Waals surface area (Å²) < 4.78 is 37.7. The van der Waals surface area contributed by atoms with E-state index in [0.29, 0.717) is 6.42 Å². The summed E-state index contributed by atoms with van der Waals surface area (Å²) >= 11 is 5.67. The summed E-state index contributed by atoms with van der Waals surface area (Å²) in [6, 6.07) is 3.51. The van der Waals surface area contributed by atoms with Gasteiger partial charge in [0.25, 0.3) is 0 Å². The molecule has 0 aromatic heterocycles. The van der Waals surface area contributed by atoms with E-state index < -0.39 is 15.8 Å². The third-order valence-electron chi connectivity index (χ3n) is 1.67. The van der Waals surface area contributed by atoms with Crippen molar-refractivity contribution in [2.24, 2.45) is 0 Å². The quantitative estimate of drug-likeness (QED) is 0.894. The zero-order chi connectivity index (χ0) is 11.5. The standard InChI is InChI=1S/C9H11ClFNO2S/c1-2-5-15(13,14)12-9-4-3-7(11)6-8(9)10/h3-4,6,12H,2,5H2,1H3. The summed E-state index contributed by atoms with van der Waals surface area (Å²) in [4.78, 5) is 0. The fourth-order valence-corrected chi connectivity index (χ4v) is 2.48. The van der Waals surface area contributed by atoms with Crippen LogP contribution in [0.4, 0.5) is 10.1 Å². The maximum atomic E-state index is 12.7. The first kappa shape index (κ1) is 12.3. The molecule has 6 heteroatoms. The highest BCUT2D eigenvalue weighted by Gasteiger charge is 2.11. The molecule has 0 unspecified atom stereocenters. The summed E-state index contributed by atoms with van der Waals surface area (Å²) in [6.07, 6.45) is 0.508. The van der Waals surface area contributed by atoms with Crippen molar-refractivity contribution in [3.05, 3.63) is 29.0 Å². The van der Waals surface area contributed by atoms with Crippen molar-refractivity contribution in [3.8, 4) is 0 Å². The average molecular weight is 252 g/mol. The topological polar surface area (TPSA) is 46.2 Å². The van der Waals surface area contributed by atoms with E-state index in [1.807, 2.05) is 0 Å². The van der Waals surface area contributed by atoms with E-state index in [0.717, 1.165) is 12.1 Å². The molecule has 0 radical (unpaired) electrons. The predicted octanol–water partition coefficient (Wildman–Crippen LogP) is 2.63. The van der Waals surface area contributed by atoms with Gasteiger partial charge in [0.2, 0.25) is 10.0 Å². The first-order valence-electron chi connectivity index (χ1n) is 4.40. The highest BCUT2D eigenvalue weighted by atomic mass is 35.5. The van der Waals surface area contributed by atoms with Crippen molar-refractivity contribution < 1.29 is 12.8 Å². The second-order valence-electron chi connectivity index (χ2n) is 3.05. The van der Waals surface area contributed by atoms with Gasteiger partial charge in [-0.1, -0.05) is 18.5 Å². The second-order valence-corrected chi connectivity index (χ2v) is 5.29. The number of benzene rings is 1. The van der Waals surface area contributed by atoms with Gasteiger partial charge >= 0.3 is 0 Å². The Morgan fingerprint density at radius 1 is 1.47 bits per heavy atom. The molecule has 1 rings (SSSR count). The molecule has 0 aliphatic carbocycles. The van der Waals surface area contributed by atoms with Crippen LogP contribution in [0.5, 0.6) is 0 Å². The zero-order valence-electron chi connectivity index (χ0n) is 8.13. The molecule has 0 atom stereocenters. The van der Waals surface area contributed by atoms with E-state index in [1.165, 1.54) is 6.07 Å². The van der Waals surface area contributed by atoms with Crippen LogP contribution in [-0.4, -0.2) is 14.2 Å². The van der Waals surface area contributed by atoms with Gasteiger partial charge in [0.15, 0.2) is 0 Å². The lowest BCUT2D eigenvalue weighted by molar-refractivity contribution is 0.599. The minimum atomic E-state index is -3.38. The molecule has 0 bridgehead atoms. The van der Waals surface area contributed by atoms with Crippen LogP contribution in [0, 0.1) is 5.82 Å². The molecular formula is C9H11ClFNO2S. The molecule has 0 spiro atoms. The van der Waals surface area contributed by atoms with Gasteiger partial charge in [0, 0.05) is 0 Å². The smallest absolute Gasteiger partial charge is 0.232 e. The van der Waals surface area contributed by atoms with E-state index >= 15 is 0 Å². The predicted molar refractivity (Wildman–Crippen MR) is 59.1 cm³/mol.